The van der Waals surface area contributed by atoms with Crippen molar-refractivity contribution in [2.75, 3.05) is 6.61 Å². The third-order valence-corrected chi connectivity index (χ3v) is 4.21. The third kappa shape index (κ3) is 10.7. The minimum atomic E-state index is -1.66. The highest BCUT2D eigenvalue weighted by molar-refractivity contribution is 5.94. The van der Waals surface area contributed by atoms with Crippen LogP contribution in [0.1, 0.15) is 40.0 Å². The molecule has 0 spiro atoms. The molecule has 0 aliphatic rings. The molecule has 13 nitrogen and oxygen atoms in total. The molecule has 0 aliphatic carbocycles. The summed E-state index contributed by atoms with van der Waals surface area (Å²) in [6.45, 7) is 3.82. The Morgan fingerprint density at radius 1 is 0.871 bits per heavy atom. The first-order chi connectivity index (χ1) is 14.3. The van der Waals surface area contributed by atoms with Crippen molar-refractivity contribution in [2.45, 2.75) is 70.3 Å². The van der Waals surface area contributed by atoms with Gasteiger partial charge in [-0.15, -0.1) is 0 Å². The summed E-state index contributed by atoms with van der Waals surface area (Å²) in [4.78, 5) is 58.8. The Balaban J connectivity index is 5.21. The number of rotatable bonds is 14. The number of hydrogen-bond acceptors (Lipinski definition) is 8. The van der Waals surface area contributed by atoms with Crippen molar-refractivity contribution < 1.29 is 44.4 Å². The van der Waals surface area contributed by atoms with E-state index in [2.05, 4.69) is 10.6 Å². The van der Waals surface area contributed by atoms with Gasteiger partial charge in [0.2, 0.25) is 17.7 Å². The van der Waals surface area contributed by atoms with Gasteiger partial charge in [-0.25, -0.2) is 4.79 Å². The van der Waals surface area contributed by atoms with Crippen LogP contribution in [0.15, 0.2) is 0 Å². The van der Waals surface area contributed by atoms with E-state index in [4.69, 9.17) is 15.9 Å². The highest BCUT2D eigenvalue weighted by Crippen LogP contribution is 2.07. The summed E-state index contributed by atoms with van der Waals surface area (Å²) in [5.74, 6) is -5.34. The Morgan fingerprint density at radius 2 is 1.39 bits per heavy atom. The average molecular weight is 448 g/mol. The molecular formula is C18H32N4O9. The second-order valence-electron chi connectivity index (χ2n) is 7.54. The Kier molecular flexibility index (Phi) is 12.3. The molecule has 0 aromatic rings. The van der Waals surface area contributed by atoms with Gasteiger partial charge in [0.1, 0.15) is 12.1 Å². The van der Waals surface area contributed by atoms with E-state index in [9.17, 15) is 34.2 Å². The smallest absolute Gasteiger partial charge is 0.328 e. The summed E-state index contributed by atoms with van der Waals surface area (Å²) in [6, 6.07) is -5.51. The number of carboxylic acid groups (broad SMARTS) is 2. The van der Waals surface area contributed by atoms with Gasteiger partial charge in [-0.05, 0) is 25.7 Å². The molecule has 5 unspecified atom stereocenters. The van der Waals surface area contributed by atoms with Crippen molar-refractivity contribution >= 4 is 29.7 Å². The number of aliphatic hydroxyl groups excluding tert-OH is 2. The summed E-state index contributed by atoms with van der Waals surface area (Å²) in [5.41, 5.74) is 5.64. The molecule has 5 atom stereocenters. The second-order valence-corrected chi connectivity index (χ2v) is 7.54. The monoisotopic (exact) mass is 448 g/mol. The third-order valence-electron chi connectivity index (χ3n) is 4.21. The lowest BCUT2D eigenvalue weighted by Gasteiger charge is -2.25. The zero-order valence-corrected chi connectivity index (χ0v) is 17.7. The second kappa shape index (κ2) is 13.5. The van der Waals surface area contributed by atoms with Crippen LogP contribution < -0.4 is 21.7 Å². The van der Waals surface area contributed by atoms with Crippen molar-refractivity contribution in [3.05, 3.63) is 0 Å². The van der Waals surface area contributed by atoms with Crippen molar-refractivity contribution in [1.29, 1.82) is 0 Å². The highest BCUT2D eigenvalue weighted by atomic mass is 16.4. The normalized spacial score (nSPS) is 15.8. The van der Waals surface area contributed by atoms with Crippen molar-refractivity contribution in [1.82, 2.24) is 16.0 Å². The molecule has 0 saturated heterocycles. The SMILES string of the molecule is CC(C)CC(NC(=O)C(N)CCC(=O)O)C(=O)NC(CO)C(=O)NC(C(=O)O)C(C)O. The molecule has 0 aromatic carbocycles. The number of nitrogens with one attached hydrogen (secondary N) is 3. The van der Waals surface area contributed by atoms with E-state index in [1.807, 2.05) is 5.32 Å². The highest BCUT2D eigenvalue weighted by Gasteiger charge is 2.31. The quantitative estimate of drug-likeness (QED) is 0.135. The fourth-order valence-electron chi connectivity index (χ4n) is 2.50. The summed E-state index contributed by atoms with van der Waals surface area (Å²) in [6.07, 6.45) is -1.77. The predicted octanol–water partition coefficient (Wildman–Crippen LogP) is -2.86. The minimum absolute atomic E-state index is 0.0701. The number of aliphatic hydroxyl groups is 2. The van der Waals surface area contributed by atoms with Crippen molar-refractivity contribution in [3.63, 3.8) is 0 Å². The van der Waals surface area contributed by atoms with E-state index < -0.39 is 66.5 Å². The number of carboxylic acids is 2. The lowest BCUT2D eigenvalue weighted by atomic mass is 10.0. The lowest BCUT2D eigenvalue weighted by Crippen LogP contribution is -2.59. The van der Waals surface area contributed by atoms with Gasteiger partial charge in [0.05, 0.1) is 18.8 Å². The Bertz CT molecular complexity index is 654. The maximum atomic E-state index is 12.6. The van der Waals surface area contributed by atoms with Gasteiger partial charge in [0.25, 0.3) is 0 Å². The molecule has 13 heteroatoms. The van der Waals surface area contributed by atoms with E-state index in [1.54, 1.807) is 13.8 Å². The summed E-state index contributed by atoms with van der Waals surface area (Å²) >= 11 is 0. The summed E-state index contributed by atoms with van der Waals surface area (Å²) < 4.78 is 0. The van der Waals surface area contributed by atoms with E-state index >= 15 is 0 Å². The summed E-state index contributed by atoms with van der Waals surface area (Å²) in [7, 11) is 0. The molecule has 178 valence electrons. The number of nitrogens with two attached hydrogens (primary N) is 1. The van der Waals surface area contributed by atoms with Gasteiger partial charge in [0, 0.05) is 6.42 Å². The predicted molar refractivity (Wildman–Crippen MR) is 106 cm³/mol. The van der Waals surface area contributed by atoms with Crippen LogP contribution in [0.5, 0.6) is 0 Å². The van der Waals surface area contributed by atoms with E-state index in [0.29, 0.717) is 0 Å². The Hall–Kier alpha value is -2.77. The average Bonchev–Trinajstić information content (AvgIpc) is 2.66. The molecule has 31 heavy (non-hydrogen) atoms. The van der Waals surface area contributed by atoms with Gasteiger partial charge in [-0.3, -0.25) is 19.2 Å². The fraction of sp³-hybridized carbons (Fsp3) is 0.722. The number of amides is 3. The van der Waals surface area contributed by atoms with Crippen LogP contribution in [0.25, 0.3) is 0 Å². The maximum Gasteiger partial charge on any atom is 0.328 e. The molecule has 0 fully saturated rings. The first-order valence-electron chi connectivity index (χ1n) is 9.70. The molecule has 3 amide bonds. The molecule has 0 rings (SSSR count). The van der Waals surface area contributed by atoms with Gasteiger partial charge in [-0.1, -0.05) is 13.8 Å². The molecule has 0 heterocycles. The molecule has 0 aliphatic heterocycles. The van der Waals surface area contributed by atoms with Crippen LogP contribution in [0.4, 0.5) is 0 Å². The number of carbonyl (C=O) groups excluding carboxylic acids is 3. The standard InChI is InChI=1S/C18H32N4O9/c1-8(2)6-11(20-15(27)10(19)4-5-13(25)26)16(28)21-12(7-23)17(29)22-14(9(3)24)18(30)31/h8-12,14,23-24H,4-7,19H2,1-3H3,(H,20,27)(H,21,28)(H,22,29)(H,25,26)(H,30,31). The number of carbonyl (C=O) groups is 5. The fourth-order valence-corrected chi connectivity index (χ4v) is 2.50. The van der Waals surface area contributed by atoms with Gasteiger partial charge < -0.3 is 42.1 Å². The molecule has 9 N–H and O–H groups in total. The van der Waals surface area contributed by atoms with Crippen LogP contribution in [0, 0.1) is 5.92 Å². The molecule has 0 saturated carbocycles. The van der Waals surface area contributed by atoms with Crippen LogP contribution in [-0.2, 0) is 24.0 Å². The Morgan fingerprint density at radius 3 is 1.81 bits per heavy atom. The summed E-state index contributed by atoms with van der Waals surface area (Å²) in [5, 5.41) is 43.2. The number of aliphatic carboxylic acids is 2. The van der Waals surface area contributed by atoms with Crippen molar-refractivity contribution in [3.8, 4) is 0 Å². The first-order valence-corrected chi connectivity index (χ1v) is 9.70. The zero-order valence-electron chi connectivity index (χ0n) is 17.7. The van der Waals surface area contributed by atoms with Crippen LogP contribution in [0.2, 0.25) is 0 Å². The van der Waals surface area contributed by atoms with Crippen molar-refractivity contribution in [2.24, 2.45) is 11.7 Å². The van der Waals surface area contributed by atoms with Gasteiger partial charge >= 0.3 is 11.9 Å². The largest absolute Gasteiger partial charge is 0.481 e. The lowest BCUT2D eigenvalue weighted by molar-refractivity contribution is -0.145. The van der Waals surface area contributed by atoms with Crippen LogP contribution >= 0.6 is 0 Å². The number of hydrogen-bond donors (Lipinski definition) is 8. The molecule has 0 bridgehead atoms. The topological polar surface area (TPSA) is 228 Å². The van der Waals surface area contributed by atoms with E-state index in [0.717, 1.165) is 6.92 Å². The van der Waals surface area contributed by atoms with E-state index in [1.165, 1.54) is 0 Å². The minimum Gasteiger partial charge on any atom is -0.481 e. The zero-order chi connectivity index (χ0) is 24.3. The van der Waals surface area contributed by atoms with Crippen LogP contribution in [0.3, 0.4) is 0 Å². The molecular weight excluding hydrogens is 416 g/mol. The maximum absolute atomic E-state index is 12.6. The molecule has 0 radical (unpaired) electrons. The van der Waals surface area contributed by atoms with Crippen LogP contribution in [-0.4, -0.2) is 87.0 Å². The first kappa shape index (κ1) is 28.2. The van der Waals surface area contributed by atoms with Gasteiger partial charge in [0.15, 0.2) is 6.04 Å². The van der Waals surface area contributed by atoms with E-state index in [-0.39, 0.29) is 25.2 Å². The molecule has 0 aromatic heterocycles. The Labute approximate surface area is 179 Å². The van der Waals surface area contributed by atoms with Gasteiger partial charge in [-0.2, -0.15) is 0 Å².